The van der Waals surface area contributed by atoms with Crippen LogP contribution < -0.4 is 0 Å². The zero-order chi connectivity index (χ0) is 6.69. The fourth-order valence-corrected chi connectivity index (χ4v) is 1.10. The zero-order valence-electron chi connectivity index (χ0n) is 6.19. The summed E-state index contributed by atoms with van der Waals surface area (Å²) in [5.41, 5.74) is 1.22. The van der Waals surface area contributed by atoms with Gasteiger partial charge >= 0.3 is 0 Å². The minimum absolute atomic E-state index is 1.00. The van der Waals surface area contributed by atoms with Crippen LogP contribution in [0.4, 0.5) is 0 Å². The van der Waals surface area contributed by atoms with Crippen LogP contribution in [-0.4, -0.2) is 0 Å². The highest BCUT2D eigenvalue weighted by molar-refractivity contribution is 5.01. The van der Waals surface area contributed by atoms with Crippen molar-refractivity contribution in [2.24, 2.45) is 5.92 Å². The average Bonchev–Trinajstić information content (AvgIpc) is 1.60. The Hall–Kier alpha value is -0.260. The molecule has 0 saturated heterocycles. The average molecular weight is 123 g/mol. The van der Waals surface area contributed by atoms with Crippen molar-refractivity contribution in [3.63, 3.8) is 0 Å². The number of hydrogen-bond donors (Lipinski definition) is 0. The highest BCUT2D eigenvalue weighted by Gasteiger charge is 2.14. The van der Waals surface area contributed by atoms with Gasteiger partial charge in [-0.15, -0.1) is 0 Å². The van der Waals surface area contributed by atoms with Crippen LogP contribution in [0.5, 0.6) is 0 Å². The minimum Gasteiger partial charge on any atom is -0.0853 e. The van der Waals surface area contributed by atoms with Gasteiger partial charge in [-0.25, -0.2) is 0 Å². The van der Waals surface area contributed by atoms with Crippen LogP contribution in [-0.2, 0) is 0 Å². The Balaban J connectivity index is 2.10. The Kier molecular flexibility index (Phi) is 2.32. The van der Waals surface area contributed by atoms with Crippen molar-refractivity contribution in [1.29, 1.82) is 0 Å². The van der Waals surface area contributed by atoms with Gasteiger partial charge in [-0.3, -0.25) is 0 Å². The molecule has 0 amide bonds. The molecule has 0 aliphatic heterocycles. The van der Waals surface area contributed by atoms with Gasteiger partial charge in [0.1, 0.15) is 0 Å². The van der Waals surface area contributed by atoms with Crippen molar-refractivity contribution in [2.75, 3.05) is 0 Å². The minimum atomic E-state index is 1.00. The van der Waals surface area contributed by atoms with Gasteiger partial charge in [0.05, 0.1) is 0 Å². The fourth-order valence-electron chi connectivity index (χ4n) is 1.10. The van der Waals surface area contributed by atoms with Crippen LogP contribution in [0, 0.1) is 12.8 Å². The molecule has 1 fully saturated rings. The van der Waals surface area contributed by atoms with E-state index in [9.17, 15) is 0 Å². The molecular weight excluding hydrogens is 108 g/mol. The highest BCUT2D eigenvalue weighted by atomic mass is 14.2. The Morgan fingerprint density at radius 1 is 1.67 bits per heavy atom. The van der Waals surface area contributed by atoms with E-state index >= 15 is 0 Å². The summed E-state index contributed by atoms with van der Waals surface area (Å²) in [7, 11) is 0. The van der Waals surface area contributed by atoms with Gasteiger partial charge in [-0.1, -0.05) is 30.9 Å². The standard InChI is InChI=1S/C9H15/c1-8(2)6-7-9-4-3-5-9/h6,9H,1,3-5,7H2,2H3. The first-order chi connectivity index (χ1) is 4.29. The second kappa shape index (κ2) is 3.05. The number of rotatable bonds is 2. The van der Waals surface area contributed by atoms with E-state index in [0.29, 0.717) is 0 Å². The molecule has 0 atom stereocenters. The summed E-state index contributed by atoms with van der Waals surface area (Å²) >= 11 is 0. The van der Waals surface area contributed by atoms with Crippen LogP contribution in [0.25, 0.3) is 0 Å². The van der Waals surface area contributed by atoms with Gasteiger partial charge in [0.15, 0.2) is 0 Å². The summed E-state index contributed by atoms with van der Waals surface area (Å²) in [5.74, 6) is 1.00. The van der Waals surface area contributed by atoms with Crippen LogP contribution in [0.2, 0.25) is 0 Å². The van der Waals surface area contributed by atoms with E-state index < -0.39 is 0 Å². The van der Waals surface area contributed by atoms with E-state index in [1.54, 1.807) is 0 Å². The molecule has 9 heavy (non-hydrogen) atoms. The van der Waals surface area contributed by atoms with Crippen LogP contribution >= 0.6 is 0 Å². The van der Waals surface area contributed by atoms with E-state index in [2.05, 4.69) is 19.9 Å². The maximum absolute atomic E-state index is 3.83. The molecule has 1 aliphatic carbocycles. The summed E-state index contributed by atoms with van der Waals surface area (Å²) in [6.45, 7) is 5.90. The van der Waals surface area contributed by atoms with Crippen molar-refractivity contribution in [3.8, 4) is 0 Å². The van der Waals surface area contributed by atoms with Crippen molar-refractivity contribution in [2.45, 2.75) is 32.6 Å². The maximum Gasteiger partial charge on any atom is -0.0286 e. The van der Waals surface area contributed by atoms with E-state index in [0.717, 1.165) is 5.92 Å². The van der Waals surface area contributed by atoms with Gasteiger partial charge in [0.25, 0.3) is 0 Å². The molecule has 0 aromatic heterocycles. The van der Waals surface area contributed by atoms with Gasteiger partial charge in [-0.2, -0.15) is 0 Å². The molecule has 51 valence electrons. The molecule has 0 heterocycles. The van der Waals surface area contributed by atoms with E-state index in [4.69, 9.17) is 0 Å². The summed E-state index contributed by atoms with van der Waals surface area (Å²) in [5, 5.41) is 0. The molecular formula is C9H15. The van der Waals surface area contributed by atoms with Gasteiger partial charge in [-0.05, 0) is 26.2 Å². The lowest BCUT2D eigenvalue weighted by atomic mass is 9.83. The maximum atomic E-state index is 3.83. The Morgan fingerprint density at radius 3 is 2.67 bits per heavy atom. The zero-order valence-corrected chi connectivity index (χ0v) is 6.19. The largest absolute Gasteiger partial charge is 0.0853 e. The van der Waals surface area contributed by atoms with Crippen molar-refractivity contribution in [1.82, 2.24) is 0 Å². The fraction of sp³-hybridized carbons (Fsp3) is 0.667. The lowest BCUT2D eigenvalue weighted by Crippen LogP contribution is -2.09. The van der Waals surface area contributed by atoms with Crippen LogP contribution in [0.3, 0.4) is 0 Å². The quantitative estimate of drug-likeness (QED) is 0.529. The van der Waals surface area contributed by atoms with Crippen LogP contribution in [0.1, 0.15) is 32.6 Å². The third-order valence-electron chi connectivity index (χ3n) is 2.02. The summed E-state index contributed by atoms with van der Waals surface area (Å²) in [6, 6.07) is 0. The predicted octanol–water partition coefficient (Wildman–Crippen LogP) is 2.96. The summed E-state index contributed by atoms with van der Waals surface area (Å²) < 4.78 is 0. The molecule has 1 radical (unpaired) electrons. The van der Waals surface area contributed by atoms with E-state index in [-0.39, 0.29) is 0 Å². The molecule has 1 aliphatic rings. The smallest absolute Gasteiger partial charge is 0.0286 e. The Bertz CT molecular complexity index is 103. The summed E-state index contributed by atoms with van der Waals surface area (Å²) in [6.07, 6.45) is 7.88. The third-order valence-corrected chi connectivity index (χ3v) is 2.02. The molecule has 0 unspecified atom stereocenters. The first-order valence-electron chi connectivity index (χ1n) is 3.78. The molecule has 0 aromatic carbocycles. The highest BCUT2D eigenvalue weighted by Crippen LogP contribution is 2.29. The Labute approximate surface area is 58.0 Å². The van der Waals surface area contributed by atoms with E-state index in [1.807, 2.05) is 0 Å². The van der Waals surface area contributed by atoms with Crippen molar-refractivity contribution >= 4 is 0 Å². The van der Waals surface area contributed by atoms with Gasteiger partial charge in [0.2, 0.25) is 0 Å². The van der Waals surface area contributed by atoms with Crippen molar-refractivity contribution in [3.05, 3.63) is 18.6 Å². The second-order valence-electron chi connectivity index (χ2n) is 3.08. The second-order valence-corrected chi connectivity index (χ2v) is 3.08. The first kappa shape index (κ1) is 6.85. The van der Waals surface area contributed by atoms with Gasteiger partial charge < -0.3 is 0 Å². The lowest BCUT2D eigenvalue weighted by molar-refractivity contribution is 0.319. The summed E-state index contributed by atoms with van der Waals surface area (Å²) in [4.78, 5) is 0. The molecule has 0 N–H and O–H groups in total. The number of allylic oxidation sites excluding steroid dienone is 2. The van der Waals surface area contributed by atoms with Gasteiger partial charge in [0, 0.05) is 0 Å². The lowest BCUT2D eigenvalue weighted by Gasteiger charge is -2.23. The molecule has 1 saturated carbocycles. The van der Waals surface area contributed by atoms with Crippen LogP contribution in [0.15, 0.2) is 11.6 Å². The molecule has 0 heteroatoms. The normalized spacial score (nSPS) is 21.8. The molecule has 0 nitrogen and oxygen atoms in total. The number of hydrogen-bond acceptors (Lipinski definition) is 0. The topological polar surface area (TPSA) is 0 Å². The molecule has 1 rings (SSSR count). The first-order valence-corrected chi connectivity index (χ1v) is 3.78. The Morgan fingerprint density at radius 2 is 2.33 bits per heavy atom. The van der Waals surface area contributed by atoms with Crippen molar-refractivity contribution < 1.29 is 0 Å². The molecule has 0 bridgehead atoms. The third kappa shape index (κ3) is 2.21. The van der Waals surface area contributed by atoms with E-state index in [1.165, 1.54) is 31.3 Å². The predicted molar refractivity (Wildman–Crippen MR) is 41.1 cm³/mol. The molecule has 0 spiro atoms. The molecule has 0 aromatic rings. The SMILES string of the molecule is [CH2]C(C)=CCC1CCC1. The monoisotopic (exact) mass is 123 g/mol.